The predicted molar refractivity (Wildman–Crippen MR) is 98.3 cm³/mol. The first-order chi connectivity index (χ1) is 12.2. The number of benzene rings is 1. The lowest BCUT2D eigenvalue weighted by Gasteiger charge is -2.14. The van der Waals surface area contributed by atoms with E-state index in [4.69, 9.17) is 11.6 Å². The average molecular weight is 360 g/mol. The van der Waals surface area contributed by atoms with Crippen molar-refractivity contribution < 1.29 is 4.79 Å². The van der Waals surface area contributed by atoms with Crippen molar-refractivity contribution in [3.05, 3.63) is 52.3 Å². The highest BCUT2D eigenvalue weighted by Crippen LogP contribution is 2.18. The molecule has 2 aromatic rings. The van der Waals surface area contributed by atoms with Crippen molar-refractivity contribution in [2.24, 2.45) is 0 Å². The molecule has 0 fully saturated rings. The molecule has 1 aromatic carbocycles. The van der Waals surface area contributed by atoms with Gasteiger partial charge in [-0.2, -0.15) is 0 Å². The van der Waals surface area contributed by atoms with E-state index in [0.717, 1.165) is 43.7 Å². The number of halogens is 1. The highest BCUT2D eigenvalue weighted by atomic mass is 35.5. The molecule has 2 N–H and O–H groups in total. The monoisotopic (exact) mass is 359 g/mol. The quantitative estimate of drug-likeness (QED) is 0.777. The van der Waals surface area contributed by atoms with Crippen molar-refractivity contribution in [1.82, 2.24) is 25.6 Å². The Morgan fingerprint density at radius 2 is 2.32 bits per heavy atom. The Bertz CT molecular complexity index is 784. The number of carbonyl (C=O) groups is 1. The van der Waals surface area contributed by atoms with Crippen LogP contribution in [-0.2, 0) is 6.42 Å². The Balaban J connectivity index is 1.81. The van der Waals surface area contributed by atoms with Crippen LogP contribution in [0, 0.1) is 0 Å². The molecule has 1 amide bonds. The zero-order chi connectivity index (χ0) is 17.6. The van der Waals surface area contributed by atoms with Crippen molar-refractivity contribution in [2.75, 3.05) is 19.6 Å². The van der Waals surface area contributed by atoms with Crippen LogP contribution in [0.3, 0.4) is 0 Å². The third kappa shape index (κ3) is 4.27. The number of rotatable bonds is 6. The molecule has 0 radical (unpaired) electrons. The summed E-state index contributed by atoms with van der Waals surface area (Å²) in [7, 11) is 0. The summed E-state index contributed by atoms with van der Waals surface area (Å²) in [5, 5.41) is 15.2. The van der Waals surface area contributed by atoms with Gasteiger partial charge in [-0.05, 0) is 37.6 Å². The van der Waals surface area contributed by atoms with E-state index < -0.39 is 0 Å². The van der Waals surface area contributed by atoms with Gasteiger partial charge in [-0.3, -0.25) is 4.79 Å². The van der Waals surface area contributed by atoms with Crippen LogP contribution in [0.25, 0.3) is 5.69 Å². The number of hydrogen-bond acceptors (Lipinski definition) is 4. The van der Waals surface area contributed by atoms with E-state index in [-0.39, 0.29) is 5.91 Å². The Morgan fingerprint density at radius 1 is 1.44 bits per heavy atom. The molecule has 0 aliphatic carbocycles. The van der Waals surface area contributed by atoms with Gasteiger partial charge in [-0.25, -0.2) is 4.68 Å². The molecule has 1 aromatic heterocycles. The minimum Gasteiger partial charge on any atom is -0.347 e. The van der Waals surface area contributed by atoms with Crippen LogP contribution in [0.2, 0.25) is 5.02 Å². The zero-order valence-corrected chi connectivity index (χ0v) is 15.0. The summed E-state index contributed by atoms with van der Waals surface area (Å²) in [6.07, 6.45) is 4.69. The van der Waals surface area contributed by atoms with Gasteiger partial charge in [0.15, 0.2) is 5.69 Å². The third-order valence-corrected chi connectivity index (χ3v) is 4.39. The smallest absolute Gasteiger partial charge is 0.274 e. The van der Waals surface area contributed by atoms with Crippen LogP contribution in [0.5, 0.6) is 0 Å². The van der Waals surface area contributed by atoms with Gasteiger partial charge in [-0.15, -0.1) is 5.10 Å². The molecule has 0 saturated heterocycles. The predicted octanol–water partition coefficient (Wildman–Crippen LogP) is 2.52. The third-order valence-electron chi connectivity index (χ3n) is 4.15. The molecular weight excluding hydrogens is 338 g/mol. The van der Waals surface area contributed by atoms with Crippen molar-refractivity contribution in [2.45, 2.75) is 26.2 Å². The van der Waals surface area contributed by atoms with E-state index in [2.05, 4.69) is 33.9 Å². The Kier molecular flexibility index (Phi) is 5.83. The van der Waals surface area contributed by atoms with Crippen molar-refractivity contribution in [1.29, 1.82) is 0 Å². The molecule has 2 heterocycles. The van der Waals surface area contributed by atoms with Crippen molar-refractivity contribution in [3.8, 4) is 5.69 Å². The topological polar surface area (TPSA) is 71.8 Å². The molecule has 7 heteroatoms. The lowest BCUT2D eigenvalue weighted by molar-refractivity contribution is 0.0950. The summed E-state index contributed by atoms with van der Waals surface area (Å²) in [5.74, 6) is -0.184. The molecular formula is C18H22ClN5O. The van der Waals surface area contributed by atoms with Gasteiger partial charge in [0.1, 0.15) is 0 Å². The molecule has 0 unspecified atom stereocenters. The van der Waals surface area contributed by atoms with Crippen LogP contribution in [-0.4, -0.2) is 40.5 Å². The minimum atomic E-state index is -0.184. The molecule has 1 aliphatic heterocycles. The molecule has 132 valence electrons. The fraction of sp³-hybridized carbons (Fsp3) is 0.389. The molecule has 25 heavy (non-hydrogen) atoms. The standard InChI is InChI=1S/C18H22ClN5O/c1-2-4-16-17(18(25)21-12-13-7-9-20-10-8-13)22-23-24(16)15-6-3-5-14(19)11-15/h3,5-7,11,20H,2,4,8-10,12H2,1H3,(H,21,25). The van der Waals surface area contributed by atoms with Crippen LogP contribution in [0.4, 0.5) is 0 Å². The van der Waals surface area contributed by atoms with Gasteiger partial charge in [-0.1, -0.05) is 47.9 Å². The highest BCUT2D eigenvalue weighted by molar-refractivity contribution is 6.30. The van der Waals surface area contributed by atoms with Gasteiger partial charge in [0.2, 0.25) is 0 Å². The second kappa shape index (κ2) is 8.27. The van der Waals surface area contributed by atoms with Crippen LogP contribution < -0.4 is 10.6 Å². The van der Waals surface area contributed by atoms with Gasteiger partial charge >= 0.3 is 0 Å². The first-order valence-electron chi connectivity index (χ1n) is 8.56. The van der Waals surface area contributed by atoms with Gasteiger partial charge < -0.3 is 10.6 Å². The van der Waals surface area contributed by atoms with Crippen LogP contribution in [0.15, 0.2) is 35.9 Å². The molecule has 3 rings (SSSR count). The number of aromatic nitrogens is 3. The normalized spacial score (nSPS) is 14.2. The second-order valence-electron chi connectivity index (χ2n) is 6.03. The maximum Gasteiger partial charge on any atom is 0.274 e. The van der Waals surface area contributed by atoms with Gasteiger partial charge in [0.05, 0.1) is 11.4 Å². The number of nitrogens with one attached hydrogen (secondary N) is 2. The number of hydrogen-bond donors (Lipinski definition) is 2. The fourth-order valence-electron chi connectivity index (χ4n) is 2.86. The summed E-state index contributed by atoms with van der Waals surface area (Å²) in [6, 6.07) is 7.39. The summed E-state index contributed by atoms with van der Waals surface area (Å²) in [6.45, 7) is 4.43. The fourth-order valence-corrected chi connectivity index (χ4v) is 3.05. The first-order valence-corrected chi connectivity index (χ1v) is 8.94. The molecule has 1 aliphatic rings. The van der Waals surface area contributed by atoms with E-state index in [1.807, 2.05) is 24.3 Å². The maximum absolute atomic E-state index is 12.6. The molecule has 0 saturated carbocycles. The van der Waals surface area contributed by atoms with Crippen molar-refractivity contribution >= 4 is 17.5 Å². The SMILES string of the molecule is CCCc1c(C(=O)NCC2=CCNCC2)nnn1-c1cccc(Cl)c1. The molecule has 6 nitrogen and oxygen atoms in total. The highest BCUT2D eigenvalue weighted by Gasteiger charge is 2.20. The largest absolute Gasteiger partial charge is 0.347 e. The Labute approximate surface area is 152 Å². The Morgan fingerprint density at radius 3 is 3.04 bits per heavy atom. The lowest BCUT2D eigenvalue weighted by atomic mass is 10.1. The van der Waals surface area contributed by atoms with Crippen molar-refractivity contribution in [3.63, 3.8) is 0 Å². The number of carbonyl (C=O) groups excluding carboxylic acids is 1. The van der Waals surface area contributed by atoms with E-state index in [9.17, 15) is 4.79 Å². The van der Waals surface area contributed by atoms with Crippen LogP contribution >= 0.6 is 11.6 Å². The minimum absolute atomic E-state index is 0.184. The molecule has 0 bridgehead atoms. The van der Waals surface area contributed by atoms with E-state index in [1.54, 1.807) is 4.68 Å². The number of amides is 1. The lowest BCUT2D eigenvalue weighted by Crippen LogP contribution is -2.30. The van der Waals surface area contributed by atoms with E-state index >= 15 is 0 Å². The maximum atomic E-state index is 12.6. The van der Waals surface area contributed by atoms with Crippen LogP contribution in [0.1, 0.15) is 35.9 Å². The van der Waals surface area contributed by atoms with E-state index in [1.165, 1.54) is 5.57 Å². The summed E-state index contributed by atoms with van der Waals surface area (Å²) in [4.78, 5) is 12.6. The van der Waals surface area contributed by atoms with Gasteiger partial charge in [0.25, 0.3) is 5.91 Å². The zero-order valence-electron chi connectivity index (χ0n) is 14.3. The summed E-state index contributed by atoms with van der Waals surface area (Å²) < 4.78 is 1.70. The Hall–Kier alpha value is -2.18. The molecule has 0 spiro atoms. The second-order valence-corrected chi connectivity index (χ2v) is 6.46. The summed E-state index contributed by atoms with van der Waals surface area (Å²) >= 11 is 6.08. The molecule has 0 atom stereocenters. The first kappa shape index (κ1) is 17.6. The van der Waals surface area contributed by atoms with E-state index in [0.29, 0.717) is 17.3 Å². The van der Waals surface area contributed by atoms with Gasteiger partial charge in [0, 0.05) is 18.1 Å². The summed E-state index contributed by atoms with van der Waals surface area (Å²) in [5.41, 5.74) is 3.24. The average Bonchev–Trinajstić information content (AvgIpc) is 3.05. The number of nitrogens with zero attached hydrogens (tertiary/aromatic N) is 3.